The van der Waals surface area contributed by atoms with Gasteiger partial charge in [0.05, 0.1) is 25.0 Å². The van der Waals surface area contributed by atoms with Crippen LogP contribution in [0.1, 0.15) is 37.7 Å². The number of fused-ring (bicyclic) bond motifs is 1. The van der Waals surface area contributed by atoms with E-state index in [2.05, 4.69) is 10.6 Å². The van der Waals surface area contributed by atoms with E-state index in [1.165, 1.54) is 6.42 Å². The molecule has 8 nitrogen and oxygen atoms in total. The van der Waals surface area contributed by atoms with Crippen LogP contribution in [-0.4, -0.2) is 60.1 Å². The number of benzene rings is 2. The van der Waals surface area contributed by atoms with Gasteiger partial charge >= 0.3 is 0 Å². The van der Waals surface area contributed by atoms with Crippen LogP contribution in [0.25, 0.3) is 0 Å². The Morgan fingerprint density at radius 3 is 2.62 bits per heavy atom. The molecule has 4 aliphatic rings. The van der Waals surface area contributed by atoms with Crippen LogP contribution >= 0.6 is 0 Å². The minimum absolute atomic E-state index is 0.0996. The van der Waals surface area contributed by atoms with Gasteiger partial charge in [-0.1, -0.05) is 67.8 Å². The lowest BCUT2D eigenvalue weighted by Crippen LogP contribution is -2.56. The lowest BCUT2D eigenvalue weighted by molar-refractivity contribution is -0.141. The normalized spacial score (nSPS) is 29.4. The van der Waals surface area contributed by atoms with Crippen LogP contribution in [0.2, 0.25) is 0 Å². The zero-order chi connectivity index (χ0) is 27.0. The molecule has 6 rings (SSSR count). The first kappa shape index (κ1) is 25.6. The number of hydrogen-bond acceptors (Lipinski definition) is 5. The molecule has 3 aliphatic heterocycles. The van der Waals surface area contributed by atoms with Gasteiger partial charge in [0, 0.05) is 24.3 Å². The number of rotatable bonds is 8. The van der Waals surface area contributed by atoms with Gasteiger partial charge in [-0.05, 0) is 37.0 Å². The fraction of sp³-hybridized carbons (Fsp3) is 0.452. The van der Waals surface area contributed by atoms with Crippen LogP contribution in [0.3, 0.4) is 0 Å². The summed E-state index contributed by atoms with van der Waals surface area (Å²) < 4.78 is 11.7. The molecule has 0 unspecified atom stereocenters. The topological polar surface area (TPSA) is 97.0 Å². The highest BCUT2D eigenvalue weighted by Crippen LogP contribution is 2.55. The fourth-order valence-corrected chi connectivity index (χ4v) is 6.86. The lowest BCUT2D eigenvalue weighted by atomic mass is 9.74. The number of carbonyl (C=O) groups is 3. The van der Waals surface area contributed by atoms with Crippen molar-refractivity contribution in [2.75, 3.05) is 19.0 Å². The smallest absolute Gasteiger partial charge is 0.246 e. The van der Waals surface area contributed by atoms with Crippen LogP contribution in [0.15, 0.2) is 66.7 Å². The van der Waals surface area contributed by atoms with Crippen LogP contribution in [0, 0.1) is 11.8 Å². The monoisotopic (exact) mass is 529 g/mol. The van der Waals surface area contributed by atoms with E-state index in [0.29, 0.717) is 24.4 Å². The van der Waals surface area contributed by atoms with Gasteiger partial charge in [-0.15, -0.1) is 0 Å². The SMILES string of the molecule is COc1cccc(NC(=O)[C@H]2[C@@H]3C=C[C@]4(O3)[C@@H]2C(=O)N(CCc2ccccc2)[C@H]4C(=O)NC2CCCCC2)c1. The first-order valence-electron chi connectivity index (χ1n) is 14.0. The largest absolute Gasteiger partial charge is 0.497 e. The minimum Gasteiger partial charge on any atom is -0.497 e. The summed E-state index contributed by atoms with van der Waals surface area (Å²) >= 11 is 0. The molecule has 0 radical (unpaired) electrons. The first-order chi connectivity index (χ1) is 19.0. The highest BCUT2D eigenvalue weighted by Gasteiger charge is 2.72. The van der Waals surface area contributed by atoms with Crippen LogP contribution in [0.5, 0.6) is 5.75 Å². The summed E-state index contributed by atoms with van der Waals surface area (Å²) in [6, 6.07) is 16.3. The molecule has 39 heavy (non-hydrogen) atoms. The molecular weight excluding hydrogens is 494 g/mol. The molecule has 1 spiro atoms. The molecule has 5 atom stereocenters. The van der Waals surface area contributed by atoms with E-state index in [1.54, 1.807) is 36.3 Å². The van der Waals surface area contributed by atoms with Gasteiger partial charge in [0.1, 0.15) is 17.4 Å². The number of ether oxygens (including phenoxy) is 2. The standard InChI is InChI=1S/C31H35N3O5/c1-38-23-14-8-13-22(19-23)33-28(35)25-24-15-17-31(39-24)26(25)30(37)34(18-16-20-9-4-2-5-10-20)27(31)29(36)32-21-11-6-3-7-12-21/h2,4-5,8-10,13-15,17,19,21,24-27H,3,6-7,11-12,16,18H2,1H3,(H,32,36)(H,33,35)/t24-,25-,26-,27-,31-/m0/s1. The highest BCUT2D eigenvalue weighted by atomic mass is 16.5. The molecule has 1 aliphatic carbocycles. The zero-order valence-electron chi connectivity index (χ0n) is 22.2. The van der Waals surface area contributed by atoms with Crippen molar-refractivity contribution >= 4 is 23.4 Å². The predicted octanol–water partition coefficient (Wildman–Crippen LogP) is 3.48. The van der Waals surface area contributed by atoms with E-state index in [9.17, 15) is 14.4 Å². The van der Waals surface area contributed by atoms with Crippen molar-refractivity contribution in [1.82, 2.24) is 10.2 Å². The summed E-state index contributed by atoms with van der Waals surface area (Å²) in [5, 5.41) is 6.19. The number of anilines is 1. The molecule has 2 saturated heterocycles. The fourth-order valence-electron chi connectivity index (χ4n) is 6.86. The van der Waals surface area contributed by atoms with Gasteiger partial charge in [-0.25, -0.2) is 0 Å². The number of nitrogens with one attached hydrogen (secondary N) is 2. The number of carbonyl (C=O) groups excluding carboxylic acids is 3. The first-order valence-corrected chi connectivity index (χ1v) is 14.0. The number of nitrogens with zero attached hydrogens (tertiary/aromatic N) is 1. The lowest BCUT2D eigenvalue weighted by Gasteiger charge is -2.34. The van der Waals surface area contributed by atoms with Gasteiger partial charge in [0.2, 0.25) is 17.7 Å². The number of methoxy groups -OCH3 is 1. The second-order valence-corrected chi connectivity index (χ2v) is 11.0. The molecular formula is C31H35N3O5. The van der Waals surface area contributed by atoms with E-state index < -0.39 is 29.6 Å². The zero-order valence-corrected chi connectivity index (χ0v) is 22.2. The molecule has 3 amide bonds. The third-order valence-corrected chi connectivity index (χ3v) is 8.70. The Morgan fingerprint density at radius 1 is 1.05 bits per heavy atom. The second-order valence-electron chi connectivity index (χ2n) is 11.0. The molecule has 2 bridgehead atoms. The Bertz CT molecular complexity index is 1270. The van der Waals surface area contributed by atoms with E-state index in [0.717, 1.165) is 31.2 Å². The number of amides is 3. The molecule has 3 heterocycles. The van der Waals surface area contributed by atoms with Crippen molar-refractivity contribution in [2.24, 2.45) is 11.8 Å². The Hall–Kier alpha value is -3.65. The van der Waals surface area contributed by atoms with Crippen molar-refractivity contribution in [3.05, 3.63) is 72.3 Å². The maximum atomic E-state index is 14.1. The van der Waals surface area contributed by atoms with Gasteiger partial charge in [0.15, 0.2) is 0 Å². The quantitative estimate of drug-likeness (QED) is 0.511. The minimum atomic E-state index is -1.16. The molecule has 2 aromatic carbocycles. The van der Waals surface area contributed by atoms with Crippen molar-refractivity contribution < 1.29 is 23.9 Å². The van der Waals surface area contributed by atoms with Gasteiger partial charge < -0.3 is 25.0 Å². The van der Waals surface area contributed by atoms with Gasteiger partial charge in [-0.3, -0.25) is 14.4 Å². The Morgan fingerprint density at radius 2 is 1.85 bits per heavy atom. The molecule has 204 valence electrons. The number of hydrogen-bond donors (Lipinski definition) is 2. The average Bonchev–Trinajstić information content (AvgIpc) is 3.60. The maximum Gasteiger partial charge on any atom is 0.246 e. The molecule has 8 heteroatoms. The van der Waals surface area contributed by atoms with Crippen molar-refractivity contribution in [1.29, 1.82) is 0 Å². The van der Waals surface area contributed by atoms with E-state index >= 15 is 0 Å². The molecule has 3 fully saturated rings. The highest BCUT2D eigenvalue weighted by molar-refractivity contribution is 6.02. The van der Waals surface area contributed by atoms with Crippen molar-refractivity contribution in [3.63, 3.8) is 0 Å². The van der Waals surface area contributed by atoms with E-state index in [-0.39, 0.29) is 23.8 Å². The van der Waals surface area contributed by atoms with Gasteiger partial charge in [0.25, 0.3) is 0 Å². The summed E-state index contributed by atoms with van der Waals surface area (Å²) in [5.74, 6) is -1.57. The Kier molecular flexibility index (Phi) is 6.89. The number of likely N-dealkylation sites (tertiary alicyclic amines) is 1. The molecule has 2 N–H and O–H groups in total. The third-order valence-electron chi connectivity index (χ3n) is 8.70. The molecule has 1 saturated carbocycles. The predicted molar refractivity (Wildman–Crippen MR) is 146 cm³/mol. The maximum absolute atomic E-state index is 14.1. The summed E-state index contributed by atoms with van der Waals surface area (Å²) in [7, 11) is 1.57. The summed E-state index contributed by atoms with van der Waals surface area (Å²) in [6.45, 7) is 0.371. The van der Waals surface area contributed by atoms with Crippen molar-refractivity contribution in [2.45, 2.75) is 62.3 Å². The third kappa shape index (κ3) is 4.61. The summed E-state index contributed by atoms with van der Waals surface area (Å²) in [5.41, 5.74) is 0.505. The average molecular weight is 530 g/mol. The summed E-state index contributed by atoms with van der Waals surface area (Å²) in [4.78, 5) is 43.3. The van der Waals surface area contributed by atoms with E-state index in [4.69, 9.17) is 9.47 Å². The second kappa shape index (κ2) is 10.5. The van der Waals surface area contributed by atoms with Crippen LogP contribution < -0.4 is 15.4 Å². The van der Waals surface area contributed by atoms with Crippen LogP contribution in [-0.2, 0) is 25.5 Å². The van der Waals surface area contributed by atoms with Crippen LogP contribution in [0.4, 0.5) is 5.69 Å². The van der Waals surface area contributed by atoms with E-state index in [1.807, 2.05) is 42.5 Å². The molecule has 0 aromatic heterocycles. The molecule has 2 aromatic rings. The Labute approximate surface area is 228 Å². The van der Waals surface area contributed by atoms with Crippen molar-refractivity contribution in [3.8, 4) is 5.75 Å². The van der Waals surface area contributed by atoms with Gasteiger partial charge in [-0.2, -0.15) is 0 Å². The Balaban J connectivity index is 1.29. The summed E-state index contributed by atoms with van der Waals surface area (Å²) in [6.07, 6.45) is 9.00.